The highest BCUT2D eigenvalue weighted by atomic mass is 79.9. The van der Waals surface area contributed by atoms with Crippen LogP contribution in [0.4, 0.5) is 4.39 Å². The first-order valence-corrected chi connectivity index (χ1v) is 5.48. The normalized spacial score (nSPS) is 24.4. The van der Waals surface area contributed by atoms with Gasteiger partial charge in [0.25, 0.3) is 0 Å². The van der Waals surface area contributed by atoms with Crippen LogP contribution in [0, 0.1) is 11.2 Å². The molecular weight excluding hydrogens is 245 g/mol. The van der Waals surface area contributed by atoms with E-state index in [4.69, 9.17) is 0 Å². The number of hydrogen-bond acceptors (Lipinski definition) is 1. The Morgan fingerprint density at radius 2 is 2.21 bits per heavy atom. The minimum Gasteiger partial charge on any atom is -0.309 e. The van der Waals surface area contributed by atoms with E-state index in [9.17, 15) is 4.39 Å². The van der Waals surface area contributed by atoms with Crippen molar-refractivity contribution in [3.8, 4) is 0 Å². The highest BCUT2D eigenvalue weighted by Gasteiger charge is 2.40. The lowest BCUT2D eigenvalue weighted by Crippen LogP contribution is -2.52. The second-order valence-electron chi connectivity index (χ2n) is 4.47. The largest absolute Gasteiger partial charge is 0.309 e. The molecule has 0 radical (unpaired) electrons. The van der Waals surface area contributed by atoms with Crippen LogP contribution in [0.2, 0.25) is 0 Å². The molecule has 1 heterocycles. The molecule has 76 valence electrons. The molecule has 0 saturated carbocycles. The molecule has 1 unspecified atom stereocenters. The summed E-state index contributed by atoms with van der Waals surface area (Å²) in [5.41, 5.74) is 0.914. The second kappa shape index (κ2) is 3.31. The molecule has 1 nitrogen and oxygen atoms in total. The van der Waals surface area contributed by atoms with Gasteiger partial charge in [-0.05, 0) is 23.6 Å². The monoisotopic (exact) mass is 257 g/mol. The molecule has 1 atom stereocenters. The van der Waals surface area contributed by atoms with Gasteiger partial charge in [-0.15, -0.1) is 0 Å². The lowest BCUT2D eigenvalue weighted by atomic mass is 9.74. The molecule has 1 N–H and O–H groups in total. The zero-order valence-corrected chi connectivity index (χ0v) is 9.86. The summed E-state index contributed by atoms with van der Waals surface area (Å²) in [7, 11) is 0. The van der Waals surface area contributed by atoms with Crippen LogP contribution in [0.3, 0.4) is 0 Å². The van der Waals surface area contributed by atoms with Gasteiger partial charge in [-0.1, -0.05) is 29.8 Å². The number of benzene rings is 1. The van der Waals surface area contributed by atoms with E-state index in [2.05, 4.69) is 35.1 Å². The Morgan fingerprint density at radius 1 is 1.50 bits per heavy atom. The molecule has 3 heteroatoms. The smallest absolute Gasteiger partial charge is 0.128 e. The van der Waals surface area contributed by atoms with Crippen molar-refractivity contribution < 1.29 is 4.39 Å². The molecule has 1 aliphatic heterocycles. The number of hydrogen-bond donors (Lipinski definition) is 1. The number of nitrogens with one attached hydrogen (secondary N) is 1. The van der Waals surface area contributed by atoms with E-state index in [1.54, 1.807) is 6.07 Å². The second-order valence-corrected chi connectivity index (χ2v) is 5.38. The van der Waals surface area contributed by atoms with E-state index >= 15 is 0 Å². The summed E-state index contributed by atoms with van der Waals surface area (Å²) in [6.07, 6.45) is 0. The average molecular weight is 258 g/mol. The first-order valence-electron chi connectivity index (χ1n) is 4.69. The molecule has 0 aliphatic carbocycles. The van der Waals surface area contributed by atoms with Gasteiger partial charge in [-0.2, -0.15) is 0 Å². The number of halogens is 2. The molecule has 0 spiro atoms. The predicted octanol–water partition coefficient (Wildman–Crippen LogP) is 3.26. The van der Waals surface area contributed by atoms with Crippen LogP contribution in [-0.4, -0.2) is 6.54 Å². The Hall–Kier alpha value is -0.410. The van der Waals surface area contributed by atoms with Gasteiger partial charge in [-0.3, -0.25) is 0 Å². The lowest BCUT2D eigenvalue weighted by Gasteiger charge is -2.46. The third-order valence-electron chi connectivity index (χ3n) is 2.81. The fourth-order valence-corrected chi connectivity index (χ4v) is 2.26. The molecule has 0 bridgehead atoms. The quantitative estimate of drug-likeness (QED) is 0.815. The van der Waals surface area contributed by atoms with Crippen molar-refractivity contribution >= 4 is 15.9 Å². The Balaban J connectivity index is 2.37. The zero-order valence-electron chi connectivity index (χ0n) is 8.27. The summed E-state index contributed by atoms with van der Waals surface area (Å²) in [4.78, 5) is 0. The maximum absolute atomic E-state index is 13.5. The number of rotatable bonds is 1. The van der Waals surface area contributed by atoms with Crippen LogP contribution in [0.5, 0.6) is 0 Å². The molecule has 1 aromatic rings. The molecule has 1 aromatic carbocycles. The first-order chi connectivity index (χ1) is 6.50. The van der Waals surface area contributed by atoms with Crippen LogP contribution < -0.4 is 5.32 Å². The fourth-order valence-electron chi connectivity index (χ4n) is 1.88. The van der Waals surface area contributed by atoms with E-state index in [0.717, 1.165) is 16.6 Å². The summed E-state index contributed by atoms with van der Waals surface area (Å²) in [6, 6.07) is 5.23. The highest BCUT2D eigenvalue weighted by molar-refractivity contribution is 9.10. The van der Waals surface area contributed by atoms with E-state index in [0.29, 0.717) is 0 Å². The van der Waals surface area contributed by atoms with Gasteiger partial charge in [0.1, 0.15) is 5.82 Å². The Bertz CT molecular complexity index is 362. The summed E-state index contributed by atoms with van der Waals surface area (Å²) in [5.74, 6) is -0.126. The van der Waals surface area contributed by atoms with Crippen molar-refractivity contribution in [3.63, 3.8) is 0 Å². The Kier molecular flexibility index (Phi) is 2.40. The lowest BCUT2D eigenvalue weighted by molar-refractivity contribution is 0.125. The highest BCUT2D eigenvalue weighted by Crippen LogP contribution is 2.41. The van der Waals surface area contributed by atoms with Crippen molar-refractivity contribution in [2.24, 2.45) is 5.41 Å². The van der Waals surface area contributed by atoms with Crippen molar-refractivity contribution in [2.45, 2.75) is 19.9 Å². The fraction of sp³-hybridized carbons (Fsp3) is 0.455. The molecule has 0 aromatic heterocycles. The van der Waals surface area contributed by atoms with Crippen molar-refractivity contribution in [3.05, 3.63) is 34.1 Å². The molecule has 1 saturated heterocycles. The van der Waals surface area contributed by atoms with Gasteiger partial charge >= 0.3 is 0 Å². The van der Waals surface area contributed by atoms with Crippen LogP contribution >= 0.6 is 15.9 Å². The van der Waals surface area contributed by atoms with E-state index in [1.165, 1.54) is 6.07 Å². The molecule has 2 rings (SSSR count). The molecule has 1 fully saturated rings. The third-order valence-corrected chi connectivity index (χ3v) is 3.31. The zero-order chi connectivity index (χ0) is 10.3. The van der Waals surface area contributed by atoms with Crippen molar-refractivity contribution in [1.29, 1.82) is 0 Å². The van der Waals surface area contributed by atoms with Crippen LogP contribution in [0.15, 0.2) is 22.7 Å². The third kappa shape index (κ3) is 1.59. The van der Waals surface area contributed by atoms with Gasteiger partial charge in [0.2, 0.25) is 0 Å². The predicted molar refractivity (Wildman–Crippen MR) is 58.6 cm³/mol. The molecular formula is C11H13BrFN. The maximum atomic E-state index is 13.5. The maximum Gasteiger partial charge on any atom is 0.128 e. The summed E-state index contributed by atoms with van der Waals surface area (Å²) < 4.78 is 14.5. The van der Waals surface area contributed by atoms with Gasteiger partial charge in [-0.25, -0.2) is 4.39 Å². The summed E-state index contributed by atoms with van der Waals surface area (Å²) in [6.45, 7) is 5.24. The first kappa shape index (κ1) is 10.1. The minimum absolute atomic E-state index is 0.126. The van der Waals surface area contributed by atoms with Gasteiger partial charge in [0, 0.05) is 22.6 Å². The van der Waals surface area contributed by atoms with Crippen molar-refractivity contribution in [2.75, 3.05) is 6.54 Å². The van der Waals surface area contributed by atoms with Gasteiger partial charge in [0.05, 0.1) is 0 Å². The van der Waals surface area contributed by atoms with E-state index in [-0.39, 0.29) is 17.3 Å². The minimum atomic E-state index is -0.126. The van der Waals surface area contributed by atoms with E-state index in [1.807, 2.05) is 6.07 Å². The van der Waals surface area contributed by atoms with Crippen LogP contribution in [0.25, 0.3) is 0 Å². The summed E-state index contributed by atoms with van der Waals surface area (Å²) in [5, 5.41) is 3.26. The van der Waals surface area contributed by atoms with E-state index < -0.39 is 0 Å². The molecule has 14 heavy (non-hydrogen) atoms. The van der Waals surface area contributed by atoms with Gasteiger partial charge in [0.15, 0.2) is 0 Å². The average Bonchev–Trinajstić information content (AvgIpc) is 2.10. The van der Waals surface area contributed by atoms with Crippen LogP contribution in [0.1, 0.15) is 25.5 Å². The molecule has 0 amide bonds. The summed E-state index contributed by atoms with van der Waals surface area (Å²) >= 11 is 3.36. The Morgan fingerprint density at radius 3 is 2.71 bits per heavy atom. The van der Waals surface area contributed by atoms with Crippen molar-refractivity contribution in [1.82, 2.24) is 5.32 Å². The van der Waals surface area contributed by atoms with Crippen LogP contribution in [-0.2, 0) is 0 Å². The Labute approximate surface area is 91.8 Å². The standard InChI is InChI=1S/C11H13BrFN/c1-11(2)6-14-10(11)8-5-7(12)3-4-9(8)13/h3-5,10,14H,6H2,1-2H3. The topological polar surface area (TPSA) is 12.0 Å². The molecule has 1 aliphatic rings. The van der Waals surface area contributed by atoms with Gasteiger partial charge < -0.3 is 5.32 Å². The SMILES string of the molecule is CC1(C)CNC1c1cc(Br)ccc1F.